The molecule has 2 rings (SSSR count). The average molecular weight is 277 g/mol. The van der Waals surface area contributed by atoms with Crippen molar-refractivity contribution in [3.8, 4) is 0 Å². The second kappa shape index (κ2) is 5.20. The van der Waals surface area contributed by atoms with Crippen molar-refractivity contribution in [2.45, 2.75) is 19.4 Å². The fourth-order valence-electron chi connectivity index (χ4n) is 2.22. The fourth-order valence-corrected chi connectivity index (χ4v) is 2.22. The lowest BCUT2D eigenvalue weighted by molar-refractivity contribution is 0.0307. The van der Waals surface area contributed by atoms with Crippen molar-refractivity contribution in [3.05, 3.63) is 29.6 Å². The number of carboxylic acid groups (broad SMARTS) is 1. The maximum absolute atomic E-state index is 12.4. The molecule has 1 aliphatic heterocycles. The van der Waals surface area contributed by atoms with Crippen molar-refractivity contribution in [2.75, 3.05) is 26.7 Å². The third kappa shape index (κ3) is 2.80. The van der Waals surface area contributed by atoms with Gasteiger partial charge in [-0.2, -0.15) is 0 Å². The molecule has 1 N–H and O–H groups in total. The van der Waals surface area contributed by atoms with Crippen LogP contribution in [0.3, 0.4) is 0 Å². The summed E-state index contributed by atoms with van der Waals surface area (Å²) >= 11 is 0. The van der Waals surface area contributed by atoms with E-state index in [1.165, 1.54) is 18.3 Å². The van der Waals surface area contributed by atoms with E-state index in [-0.39, 0.29) is 22.7 Å². The SMILES string of the molecule is CN1CCN(C(=O)c2ccc(C(=O)O)cn2)CC1(C)C. The van der Waals surface area contributed by atoms with Gasteiger partial charge >= 0.3 is 5.97 Å². The maximum Gasteiger partial charge on any atom is 0.337 e. The highest BCUT2D eigenvalue weighted by Crippen LogP contribution is 2.20. The molecule has 1 fully saturated rings. The minimum Gasteiger partial charge on any atom is -0.478 e. The second-order valence-corrected chi connectivity index (χ2v) is 5.70. The van der Waals surface area contributed by atoms with Crippen LogP contribution in [0.25, 0.3) is 0 Å². The van der Waals surface area contributed by atoms with E-state index in [2.05, 4.69) is 23.7 Å². The van der Waals surface area contributed by atoms with Gasteiger partial charge in [0.1, 0.15) is 5.69 Å². The molecule has 0 aliphatic carbocycles. The van der Waals surface area contributed by atoms with Crippen LogP contribution in [0.15, 0.2) is 18.3 Å². The molecule has 1 aliphatic rings. The van der Waals surface area contributed by atoms with Crippen LogP contribution in [-0.4, -0.2) is 64.0 Å². The van der Waals surface area contributed by atoms with Crippen LogP contribution in [0.5, 0.6) is 0 Å². The molecule has 1 aromatic rings. The van der Waals surface area contributed by atoms with Gasteiger partial charge in [-0.25, -0.2) is 4.79 Å². The van der Waals surface area contributed by atoms with Crippen LogP contribution in [-0.2, 0) is 0 Å². The van der Waals surface area contributed by atoms with E-state index in [0.717, 1.165) is 6.54 Å². The molecular weight excluding hydrogens is 258 g/mol. The van der Waals surface area contributed by atoms with Gasteiger partial charge in [0.2, 0.25) is 0 Å². The molecule has 0 aromatic carbocycles. The van der Waals surface area contributed by atoms with Crippen molar-refractivity contribution in [2.24, 2.45) is 0 Å². The number of likely N-dealkylation sites (N-methyl/N-ethyl adjacent to an activating group) is 1. The van der Waals surface area contributed by atoms with Gasteiger partial charge in [0.05, 0.1) is 5.56 Å². The first kappa shape index (κ1) is 14.5. The van der Waals surface area contributed by atoms with Gasteiger partial charge in [-0.05, 0) is 33.0 Å². The second-order valence-electron chi connectivity index (χ2n) is 5.70. The quantitative estimate of drug-likeness (QED) is 0.871. The highest BCUT2D eigenvalue weighted by molar-refractivity contribution is 5.93. The van der Waals surface area contributed by atoms with Gasteiger partial charge in [-0.1, -0.05) is 0 Å². The van der Waals surface area contributed by atoms with Crippen molar-refractivity contribution >= 4 is 11.9 Å². The molecule has 0 radical (unpaired) electrons. The number of piperazine rings is 1. The first-order valence-corrected chi connectivity index (χ1v) is 6.51. The summed E-state index contributed by atoms with van der Waals surface area (Å²) in [6.07, 6.45) is 1.22. The fraction of sp³-hybridized carbons (Fsp3) is 0.500. The monoisotopic (exact) mass is 277 g/mol. The van der Waals surface area contributed by atoms with Gasteiger partial charge < -0.3 is 10.0 Å². The smallest absolute Gasteiger partial charge is 0.337 e. The minimum atomic E-state index is -1.04. The Labute approximate surface area is 118 Å². The van der Waals surface area contributed by atoms with Crippen LogP contribution in [0, 0.1) is 0 Å². The van der Waals surface area contributed by atoms with Gasteiger partial charge in [0.15, 0.2) is 0 Å². The summed E-state index contributed by atoms with van der Waals surface area (Å²) in [6.45, 7) is 6.28. The third-order valence-corrected chi connectivity index (χ3v) is 3.83. The van der Waals surface area contributed by atoms with Gasteiger partial charge in [-0.3, -0.25) is 14.7 Å². The molecular formula is C14H19N3O3. The Bertz CT molecular complexity index is 525. The molecule has 1 saturated heterocycles. The molecule has 6 nitrogen and oxygen atoms in total. The van der Waals surface area contributed by atoms with Crippen LogP contribution >= 0.6 is 0 Å². The topological polar surface area (TPSA) is 73.7 Å². The van der Waals surface area contributed by atoms with E-state index in [1.54, 1.807) is 4.90 Å². The number of pyridine rings is 1. The molecule has 6 heteroatoms. The Hall–Kier alpha value is -1.95. The normalized spacial score (nSPS) is 18.9. The number of rotatable bonds is 2. The highest BCUT2D eigenvalue weighted by atomic mass is 16.4. The molecule has 0 bridgehead atoms. The largest absolute Gasteiger partial charge is 0.478 e. The summed E-state index contributed by atoms with van der Waals surface area (Å²) in [5.41, 5.74) is 0.296. The predicted molar refractivity (Wildman–Crippen MR) is 73.8 cm³/mol. The number of hydrogen-bond acceptors (Lipinski definition) is 4. The number of aromatic nitrogens is 1. The Morgan fingerprint density at radius 2 is 2.00 bits per heavy atom. The zero-order valence-electron chi connectivity index (χ0n) is 12.0. The molecule has 2 heterocycles. The zero-order chi connectivity index (χ0) is 14.9. The van der Waals surface area contributed by atoms with Crippen LogP contribution in [0.2, 0.25) is 0 Å². The Kier molecular flexibility index (Phi) is 3.76. The van der Waals surface area contributed by atoms with E-state index in [0.29, 0.717) is 13.1 Å². The average Bonchev–Trinajstić information content (AvgIpc) is 2.41. The first-order chi connectivity index (χ1) is 9.31. The predicted octanol–water partition coefficient (Wildman–Crippen LogP) is 0.946. The minimum absolute atomic E-state index is 0.0745. The molecule has 108 valence electrons. The molecule has 0 unspecified atom stereocenters. The zero-order valence-corrected chi connectivity index (χ0v) is 12.0. The van der Waals surface area contributed by atoms with Gasteiger partial charge in [-0.15, -0.1) is 0 Å². The first-order valence-electron chi connectivity index (χ1n) is 6.51. The molecule has 0 saturated carbocycles. The van der Waals surface area contributed by atoms with E-state index in [4.69, 9.17) is 5.11 Å². The summed E-state index contributed by atoms with van der Waals surface area (Å²) in [5, 5.41) is 8.82. The van der Waals surface area contributed by atoms with Gasteiger partial charge in [0, 0.05) is 31.4 Å². The lowest BCUT2D eigenvalue weighted by Gasteiger charge is -2.45. The number of carboxylic acids is 1. The number of carbonyl (C=O) groups excluding carboxylic acids is 1. The maximum atomic E-state index is 12.4. The van der Waals surface area contributed by atoms with E-state index in [9.17, 15) is 9.59 Å². The standard InChI is InChI=1S/C14H19N3O3/c1-14(2)9-17(7-6-16(14)3)12(18)11-5-4-10(8-15-11)13(19)20/h4-5,8H,6-7,9H2,1-3H3,(H,19,20). The van der Waals surface area contributed by atoms with Crippen molar-refractivity contribution in [1.82, 2.24) is 14.8 Å². The Morgan fingerprint density at radius 3 is 2.50 bits per heavy atom. The highest BCUT2D eigenvalue weighted by Gasteiger charge is 2.33. The van der Waals surface area contributed by atoms with Gasteiger partial charge in [0.25, 0.3) is 5.91 Å². The van der Waals surface area contributed by atoms with Crippen LogP contribution in [0.1, 0.15) is 34.7 Å². The summed E-state index contributed by atoms with van der Waals surface area (Å²) in [7, 11) is 2.04. The van der Waals surface area contributed by atoms with E-state index >= 15 is 0 Å². The third-order valence-electron chi connectivity index (χ3n) is 3.83. The summed E-state index contributed by atoms with van der Waals surface area (Å²) < 4.78 is 0. The number of hydrogen-bond donors (Lipinski definition) is 1. The van der Waals surface area contributed by atoms with Crippen molar-refractivity contribution in [1.29, 1.82) is 0 Å². The lowest BCUT2D eigenvalue weighted by Crippen LogP contribution is -2.58. The summed E-state index contributed by atoms with van der Waals surface area (Å²) in [4.78, 5) is 31.1. The number of carbonyl (C=O) groups is 2. The molecule has 0 atom stereocenters. The van der Waals surface area contributed by atoms with E-state index in [1.807, 2.05) is 7.05 Å². The molecule has 0 spiro atoms. The Balaban J connectivity index is 2.13. The molecule has 1 aromatic heterocycles. The van der Waals surface area contributed by atoms with Crippen LogP contribution < -0.4 is 0 Å². The lowest BCUT2D eigenvalue weighted by atomic mass is 9.99. The molecule has 1 amide bonds. The number of amides is 1. The Morgan fingerprint density at radius 1 is 1.30 bits per heavy atom. The number of nitrogens with zero attached hydrogens (tertiary/aromatic N) is 3. The summed E-state index contributed by atoms with van der Waals surface area (Å²) in [6, 6.07) is 2.88. The van der Waals surface area contributed by atoms with E-state index < -0.39 is 5.97 Å². The number of aromatic carboxylic acids is 1. The van der Waals surface area contributed by atoms with Crippen molar-refractivity contribution in [3.63, 3.8) is 0 Å². The summed E-state index contributed by atoms with van der Waals surface area (Å²) in [5.74, 6) is -1.19. The van der Waals surface area contributed by atoms with Crippen LogP contribution in [0.4, 0.5) is 0 Å². The van der Waals surface area contributed by atoms with Crippen molar-refractivity contribution < 1.29 is 14.7 Å². The molecule has 20 heavy (non-hydrogen) atoms.